The Morgan fingerprint density at radius 1 is 1.23 bits per heavy atom. The van der Waals surface area contributed by atoms with Crippen molar-refractivity contribution in [3.63, 3.8) is 0 Å². The molecule has 2 rings (SSSR count). The van der Waals surface area contributed by atoms with Crippen molar-refractivity contribution in [2.45, 2.75) is 31.8 Å². The molecule has 0 saturated carbocycles. The summed E-state index contributed by atoms with van der Waals surface area (Å²) in [4.78, 5) is 2.44. The second-order valence-electron chi connectivity index (χ2n) is 4.14. The molecule has 1 aliphatic heterocycles. The first-order chi connectivity index (χ1) is 6.27. The fraction of sp³-hybridized carbons (Fsp3) is 0.636. The zero-order valence-corrected chi connectivity index (χ0v) is 8.48. The van der Waals surface area contributed by atoms with Gasteiger partial charge >= 0.3 is 0 Å². The molecule has 1 aromatic heterocycles. The molecule has 0 bridgehead atoms. The van der Waals surface area contributed by atoms with Crippen LogP contribution in [0.3, 0.4) is 0 Å². The maximum atomic E-state index is 2.44. The number of piperidine rings is 1. The molecule has 2 unspecified atom stereocenters. The molecule has 1 fully saturated rings. The summed E-state index contributed by atoms with van der Waals surface area (Å²) in [6.45, 7) is 3.54. The van der Waals surface area contributed by atoms with Gasteiger partial charge in [0.25, 0.3) is 0 Å². The Morgan fingerprint density at radius 3 is 2.54 bits per heavy atom. The van der Waals surface area contributed by atoms with Crippen molar-refractivity contribution in [1.29, 1.82) is 0 Å². The van der Waals surface area contributed by atoms with E-state index in [0.29, 0.717) is 0 Å². The zero-order valence-electron chi connectivity index (χ0n) is 8.48. The van der Waals surface area contributed by atoms with Crippen LogP contribution in [0.1, 0.15) is 25.8 Å². The second-order valence-corrected chi connectivity index (χ2v) is 4.14. The summed E-state index contributed by atoms with van der Waals surface area (Å²) in [7, 11) is 2.22. The van der Waals surface area contributed by atoms with Crippen LogP contribution in [-0.2, 0) is 0 Å². The molecule has 0 N–H and O–H groups in total. The molecule has 13 heavy (non-hydrogen) atoms. The molecule has 0 amide bonds. The Bertz CT molecular complexity index is 253. The Balaban J connectivity index is 2.03. The third kappa shape index (κ3) is 1.78. The molecule has 1 saturated heterocycles. The van der Waals surface area contributed by atoms with E-state index in [1.54, 1.807) is 0 Å². The van der Waals surface area contributed by atoms with Crippen LogP contribution in [0.2, 0.25) is 0 Å². The van der Waals surface area contributed by atoms with Crippen LogP contribution < -0.4 is 0 Å². The molecule has 0 aromatic carbocycles. The first-order valence-corrected chi connectivity index (χ1v) is 5.10. The van der Waals surface area contributed by atoms with Crippen molar-refractivity contribution >= 4 is 0 Å². The Kier molecular flexibility index (Phi) is 2.40. The Morgan fingerprint density at radius 2 is 1.92 bits per heavy atom. The monoisotopic (exact) mass is 178 g/mol. The number of rotatable bonds is 1. The number of likely N-dealkylation sites (tertiary alicyclic amines) is 1. The molecule has 0 spiro atoms. The van der Waals surface area contributed by atoms with Crippen LogP contribution in [0.25, 0.3) is 0 Å². The minimum Gasteiger partial charge on any atom is -0.351 e. The highest BCUT2D eigenvalue weighted by Crippen LogP contribution is 2.25. The van der Waals surface area contributed by atoms with Crippen LogP contribution in [0, 0.1) is 0 Å². The first kappa shape index (κ1) is 8.82. The quantitative estimate of drug-likeness (QED) is 0.639. The van der Waals surface area contributed by atoms with Gasteiger partial charge in [-0.15, -0.1) is 0 Å². The summed E-state index contributed by atoms with van der Waals surface area (Å²) in [5, 5.41) is 0. The maximum absolute atomic E-state index is 2.44. The minimum absolute atomic E-state index is 0.723. The normalized spacial score (nSPS) is 30.6. The molecule has 2 heteroatoms. The van der Waals surface area contributed by atoms with E-state index in [0.717, 1.165) is 12.1 Å². The third-order valence-electron chi connectivity index (χ3n) is 3.23. The predicted octanol–water partition coefficient (Wildman–Crippen LogP) is 2.14. The topological polar surface area (TPSA) is 8.17 Å². The van der Waals surface area contributed by atoms with Crippen LogP contribution in [-0.4, -0.2) is 29.1 Å². The number of nitrogens with zero attached hydrogens (tertiary/aromatic N) is 2. The molecule has 1 aliphatic rings. The van der Waals surface area contributed by atoms with Gasteiger partial charge in [-0.3, -0.25) is 0 Å². The van der Waals surface area contributed by atoms with Crippen molar-refractivity contribution in [2.75, 3.05) is 13.6 Å². The number of hydrogen-bond acceptors (Lipinski definition) is 1. The lowest BCUT2D eigenvalue weighted by Gasteiger charge is -2.35. The van der Waals surface area contributed by atoms with Crippen LogP contribution in [0.4, 0.5) is 0 Å². The highest BCUT2D eigenvalue weighted by molar-refractivity contribution is 4.95. The average Bonchev–Trinajstić information content (AvgIpc) is 2.62. The summed E-state index contributed by atoms with van der Waals surface area (Å²) >= 11 is 0. The van der Waals surface area contributed by atoms with Gasteiger partial charge in [0.15, 0.2) is 0 Å². The highest BCUT2D eigenvalue weighted by Gasteiger charge is 2.22. The first-order valence-electron chi connectivity index (χ1n) is 5.10. The summed E-state index contributed by atoms with van der Waals surface area (Å²) in [5.41, 5.74) is 0. The van der Waals surface area contributed by atoms with Crippen molar-refractivity contribution in [2.24, 2.45) is 0 Å². The molecule has 0 aliphatic carbocycles. The summed E-state index contributed by atoms with van der Waals surface area (Å²) in [5.74, 6) is 0. The fourth-order valence-electron chi connectivity index (χ4n) is 2.13. The summed E-state index contributed by atoms with van der Waals surface area (Å²) < 4.78 is 2.35. The van der Waals surface area contributed by atoms with Gasteiger partial charge in [0, 0.05) is 31.0 Å². The lowest BCUT2D eigenvalue weighted by Crippen LogP contribution is -2.38. The Labute approximate surface area is 80.2 Å². The van der Waals surface area contributed by atoms with Gasteiger partial charge < -0.3 is 9.47 Å². The lowest BCUT2D eigenvalue weighted by atomic mass is 9.99. The molecule has 0 radical (unpaired) electrons. The van der Waals surface area contributed by atoms with E-state index in [9.17, 15) is 0 Å². The predicted molar refractivity (Wildman–Crippen MR) is 54.8 cm³/mol. The standard InChI is InChI=1S/C11H18N2/c1-10-9-11(5-8-12(10)2)13-6-3-4-7-13/h3-4,6-7,10-11H,5,8-9H2,1-2H3. The molecule has 2 atom stereocenters. The number of hydrogen-bond donors (Lipinski definition) is 0. The zero-order chi connectivity index (χ0) is 9.26. The Hall–Kier alpha value is -0.760. The fourth-order valence-corrected chi connectivity index (χ4v) is 2.13. The van der Waals surface area contributed by atoms with Crippen LogP contribution >= 0.6 is 0 Å². The van der Waals surface area contributed by atoms with Crippen molar-refractivity contribution in [3.05, 3.63) is 24.5 Å². The number of aromatic nitrogens is 1. The van der Waals surface area contributed by atoms with E-state index < -0.39 is 0 Å². The van der Waals surface area contributed by atoms with Crippen molar-refractivity contribution in [1.82, 2.24) is 9.47 Å². The SMILES string of the molecule is CC1CC(n2cccc2)CCN1C. The van der Waals surface area contributed by atoms with Gasteiger partial charge in [0.05, 0.1) is 0 Å². The minimum atomic E-state index is 0.723. The molecule has 2 heterocycles. The average molecular weight is 178 g/mol. The third-order valence-corrected chi connectivity index (χ3v) is 3.23. The van der Waals surface area contributed by atoms with E-state index in [1.807, 2.05) is 0 Å². The van der Waals surface area contributed by atoms with E-state index >= 15 is 0 Å². The lowest BCUT2D eigenvalue weighted by molar-refractivity contribution is 0.157. The van der Waals surface area contributed by atoms with E-state index in [1.165, 1.54) is 19.4 Å². The van der Waals surface area contributed by atoms with Crippen molar-refractivity contribution < 1.29 is 0 Å². The van der Waals surface area contributed by atoms with Gasteiger partial charge in [-0.25, -0.2) is 0 Å². The molecular formula is C11H18N2. The van der Waals surface area contributed by atoms with E-state index in [-0.39, 0.29) is 0 Å². The molecule has 72 valence electrons. The maximum Gasteiger partial charge on any atom is 0.0357 e. The van der Waals surface area contributed by atoms with Gasteiger partial charge in [0.2, 0.25) is 0 Å². The second kappa shape index (κ2) is 3.54. The van der Waals surface area contributed by atoms with E-state index in [2.05, 4.69) is 48.0 Å². The van der Waals surface area contributed by atoms with Crippen molar-refractivity contribution in [3.8, 4) is 0 Å². The van der Waals surface area contributed by atoms with Gasteiger partial charge in [-0.2, -0.15) is 0 Å². The van der Waals surface area contributed by atoms with Crippen LogP contribution in [0.15, 0.2) is 24.5 Å². The van der Waals surface area contributed by atoms with Gasteiger partial charge in [-0.05, 0) is 38.9 Å². The van der Waals surface area contributed by atoms with Gasteiger partial charge in [-0.1, -0.05) is 0 Å². The largest absolute Gasteiger partial charge is 0.351 e. The molecule has 2 nitrogen and oxygen atoms in total. The summed E-state index contributed by atoms with van der Waals surface area (Å²) in [6.07, 6.45) is 6.94. The highest BCUT2D eigenvalue weighted by atomic mass is 15.1. The molecule has 1 aromatic rings. The van der Waals surface area contributed by atoms with Gasteiger partial charge in [0.1, 0.15) is 0 Å². The van der Waals surface area contributed by atoms with E-state index in [4.69, 9.17) is 0 Å². The smallest absolute Gasteiger partial charge is 0.0357 e. The molecular weight excluding hydrogens is 160 g/mol. The summed E-state index contributed by atoms with van der Waals surface area (Å²) in [6, 6.07) is 5.67. The van der Waals surface area contributed by atoms with Crippen LogP contribution in [0.5, 0.6) is 0 Å².